The fraction of sp³-hybridized carbons (Fsp3) is 0.923. The molecular weight excluding hydrogens is 202 g/mol. The van der Waals surface area contributed by atoms with E-state index in [1.54, 1.807) is 0 Å². The van der Waals surface area contributed by atoms with E-state index in [2.05, 4.69) is 11.8 Å². The lowest BCUT2D eigenvalue weighted by Gasteiger charge is -2.26. The van der Waals surface area contributed by atoms with Gasteiger partial charge in [0, 0.05) is 30.5 Å². The molecule has 2 aliphatic rings. The van der Waals surface area contributed by atoms with E-state index in [1.807, 2.05) is 6.92 Å². The van der Waals surface area contributed by atoms with Crippen LogP contribution in [0.3, 0.4) is 0 Å². The first-order valence-corrected chi connectivity index (χ1v) is 6.62. The van der Waals surface area contributed by atoms with Crippen molar-refractivity contribution < 1.29 is 9.90 Å². The van der Waals surface area contributed by atoms with Crippen molar-refractivity contribution in [2.75, 3.05) is 6.61 Å². The lowest BCUT2D eigenvalue weighted by atomic mass is 9.90. The van der Waals surface area contributed by atoms with Crippen molar-refractivity contribution in [3.8, 4) is 0 Å². The van der Waals surface area contributed by atoms with Gasteiger partial charge in [-0.2, -0.15) is 0 Å². The third-order valence-corrected chi connectivity index (χ3v) is 4.30. The Balaban J connectivity index is 2.03. The lowest BCUT2D eigenvalue weighted by molar-refractivity contribution is -0.136. The maximum absolute atomic E-state index is 12.3. The zero-order valence-corrected chi connectivity index (χ0v) is 10.4. The predicted molar refractivity (Wildman–Crippen MR) is 62.9 cm³/mol. The van der Waals surface area contributed by atoms with Gasteiger partial charge in [-0.05, 0) is 25.7 Å². The molecule has 1 amide bonds. The Bertz CT molecular complexity index is 267. The summed E-state index contributed by atoms with van der Waals surface area (Å²) < 4.78 is 0. The van der Waals surface area contributed by atoms with Crippen LogP contribution >= 0.6 is 0 Å². The van der Waals surface area contributed by atoms with Gasteiger partial charge in [0.15, 0.2) is 0 Å². The lowest BCUT2D eigenvalue weighted by Crippen LogP contribution is -2.40. The fourth-order valence-electron chi connectivity index (χ4n) is 3.46. The van der Waals surface area contributed by atoms with Crippen LogP contribution in [0.1, 0.15) is 46.0 Å². The number of aliphatic hydroxyl groups is 1. The summed E-state index contributed by atoms with van der Waals surface area (Å²) in [4.78, 5) is 14.4. The normalized spacial score (nSPS) is 34.4. The van der Waals surface area contributed by atoms with Crippen molar-refractivity contribution in [1.82, 2.24) is 4.90 Å². The second kappa shape index (κ2) is 4.74. The predicted octanol–water partition coefficient (Wildman–Crippen LogP) is 1.79. The van der Waals surface area contributed by atoms with Gasteiger partial charge in [-0.1, -0.05) is 20.3 Å². The molecule has 2 heterocycles. The van der Waals surface area contributed by atoms with Crippen LogP contribution in [-0.2, 0) is 4.79 Å². The molecular formula is C13H23NO2. The number of hydrogen-bond donors (Lipinski definition) is 1. The minimum absolute atomic E-state index is 0.158. The van der Waals surface area contributed by atoms with Gasteiger partial charge in [-0.3, -0.25) is 4.79 Å². The van der Waals surface area contributed by atoms with Crippen LogP contribution in [0.5, 0.6) is 0 Å². The quantitative estimate of drug-likeness (QED) is 0.792. The molecule has 0 aliphatic carbocycles. The summed E-state index contributed by atoms with van der Waals surface area (Å²) >= 11 is 0. The molecule has 92 valence electrons. The summed E-state index contributed by atoms with van der Waals surface area (Å²) in [6, 6.07) is 0.760. The van der Waals surface area contributed by atoms with E-state index in [0.717, 1.165) is 32.1 Å². The highest BCUT2D eigenvalue weighted by molar-refractivity contribution is 5.79. The first-order chi connectivity index (χ1) is 7.69. The van der Waals surface area contributed by atoms with Crippen LogP contribution in [0.15, 0.2) is 0 Å². The Hall–Kier alpha value is -0.570. The van der Waals surface area contributed by atoms with Gasteiger partial charge in [0.25, 0.3) is 0 Å². The Morgan fingerprint density at radius 1 is 1.50 bits per heavy atom. The summed E-state index contributed by atoms with van der Waals surface area (Å²) in [5.41, 5.74) is 0. The van der Waals surface area contributed by atoms with E-state index >= 15 is 0 Å². The average Bonchev–Trinajstić information content (AvgIpc) is 2.85. The number of aliphatic hydroxyl groups excluding tert-OH is 1. The standard InChI is InChI=1S/C13H23NO2/c1-3-4-9(2)13(16)14-11-5-6-12(14)10(7-11)8-15/h9-12,15H,3-8H2,1-2H3. The third kappa shape index (κ3) is 1.86. The Morgan fingerprint density at radius 3 is 2.81 bits per heavy atom. The molecule has 3 nitrogen and oxygen atoms in total. The second-order valence-electron chi connectivity index (χ2n) is 5.41. The van der Waals surface area contributed by atoms with Crippen molar-refractivity contribution >= 4 is 5.91 Å². The smallest absolute Gasteiger partial charge is 0.225 e. The largest absolute Gasteiger partial charge is 0.396 e. The van der Waals surface area contributed by atoms with Crippen molar-refractivity contribution in [2.45, 2.75) is 58.0 Å². The molecule has 2 saturated heterocycles. The highest BCUT2D eigenvalue weighted by Gasteiger charge is 2.48. The van der Waals surface area contributed by atoms with E-state index in [-0.39, 0.29) is 12.5 Å². The molecule has 16 heavy (non-hydrogen) atoms. The van der Waals surface area contributed by atoms with E-state index in [0.29, 0.717) is 23.9 Å². The van der Waals surface area contributed by atoms with Gasteiger partial charge in [0.2, 0.25) is 5.91 Å². The second-order valence-corrected chi connectivity index (χ2v) is 5.41. The number of carbonyl (C=O) groups is 1. The number of rotatable bonds is 4. The van der Waals surface area contributed by atoms with E-state index < -0.39 is 0 Å². The van der Waals surface area contributed by atoms with E-state index in [1.165, 1.54) is 0 Å². The number of amides is 1. The van der Waals surface area contributed by atoms with Crippen molar-refractivity contribution in [1.29, 1.82) is 0 Å². The molecule has 3 heteroatoms. The molecule has 0 radical (unpaired) electrons. The van der Waals surface area contributed by atoms with Gasteiger partial charge in [-0.15, -0.1) is 0 Å². The van der Waals surface area contributed by atoms with E-state index in [9.17, 15) is 9.90 Å². The zero-order valence-electron chi connectivity index (χ0n) is 10.4. The van der Waals surface area contributed by atoms with Gasteiger partial charge in [0.05, 0.1) is 0 Å². The van der Waals surface area contributed by atoms with Crippen molar-refractivity contribution in [2.24, 2.45) is 11.8 Å². The van der Waals surface area contributed by atoms with Crippen LogP contribution in [-0.4, -0.2) is 34.6 Å². The number of nitrogens with zero attached hydrogens (tertiary/aromatic N) is 1. The number of fused-ring (bicyclic) bond motifs is 2. The highest BCUT2D eigenvalue weighted by atomic mass is 16.3. The zero-order chi connectivity index (χ0) is 11.7. The monoisotopic (exact) mass is 225 g/mol. The maximum Gasteiger partial charge on any atom is 0.225 e. The van der Waals surface area contributed by atoms with Gasteiger partial charge in [0.1, 0.15) is 0 Å². The van der Waals surface area contributed by atoms with Crippen LogP contribution < -0.4 is 0 Å². The minimum atomic E-state index is 0.158. The number of carbonyl (C=O) groups excluding carboxylic acids is 1. The first kappa shape index (κ1) is 11.9. The van der Waals surface area contributed by atoms with E-state index in [4.69, 9.17) is 0 Å². The molecule has 0 spiro atoms. The Morgan fingerprint density at radius 2 is 2.25 bits per heavy atom. The fourth-order valence-corrected chi connectivity index (χ4v) is 3.46. The SMILES string of the molecule is CCCC(C)C(=O)N1C2CCC1C(CO)C2. The van der Waals surface area contributed by atoms with Crippen LogP contribution in [0, 0.1) is 11.8 Å². The summed E-state index contributed by atoms with van der Waals surface area (Å²) in [6.07, 6.45) is 5.32. The summed E-state index contributed by atoms with van der Waals surface area (Å²) in [5.74, 6) is 0.826. The van der Waals surface area contributed by atoms with Crippen molar-refractivity contribution in [3.63, 3.8) is 0 Å². The number of hydrogen-bond acceptors (Lipinski definition) is 2. The topological polar surface area (TPSA) is 40.5 Å². The molecule has 4 atom stereocenters. The van der Waals surface area contributed by atoms with Crippen LogP contribution in [0.2, 0.25) is 0 Å². The first-order valence-electron chi connectivity index (χ1n) is 6.62. The molecule has 0 aromatic heterocycles. The van der Waals surface area contributed by atoms with Crippen molar-refractivity contribution in [3.05, 3.63) is 0 Å². The molecule has 0 saturated carbocycles. The minimum Gasteiger partial charge on any atom is -0.396 e. The molecule has 1 N–H and O–H groups in total. The molecule has 0 aromatic rings. The third-order valence-electron chi connectivity index (χ3n) is 4.30. The van der Waals surface area contributed by atoms with Gasteiger partial charge in [-0.25, -0.2) is 0 Å². The molecule has 2 aliphatic heterocycles. The summed E-state index contributed by atoms with van der Waals surface area (Å²) in [5, 5.41) is 9.29. The molecule has 4 unspecified atom stereocenters. The molecule has 2 bridgehead atoms. The summed E-state index contributed by atoms with van der Waals surface area (Å²) in [6.45, 7) is 4.41. The van der Waals surface area contributed by atoms with Crippen LogP contribution in [0.25, 0.3) is 0 Å². The van der Waals surface area contributed by atoms with Crippen LogP contribution in [0.4, 0.5) is 0 Å². The average molecular weight is 225 g/mol. The highest BCUT2D eigenvalue weighted by Crippen LogP contribution is 2.42. The maximum atomic E-state index is 12.3. The molecule has 0 aromatic carbocycles. The Labute approximate surface area is 97.8 Å². The molecule has 2 fully saturated rings. The Kier molecular flexibility index (Phi) is 3.53. The summed E-state index contributed by atoms with van der Waals surface area (Å²) in [7, 11) is 0. The van der Waals surface area contributed by atoms with Gasteiger partial charge >= 0.3 is 0 Å². The molecule has 2 rings (SSSR count). The van der Waals surface area contributed by atoms with Gasteiger partial charge < -0.3 is 10.0 Å².